The molecule has 1 aromatic heterocycles. The largest absolute Gasteiger partial charge is 0.495 e. The molecule has 2 aliphatic rings. The Morgan fingerprint density at radius 2 is 1.79 bits per heavy atom. The number of aryl methyl sites for hydroxylation is 1. The van der Waals surface area contributed by atoms with E-state index >= 15 is 0 Å². The topological polar surface area (TPSA) is 31.8 Å². The maximum atomic E-state index is 5.65. The molecule has 0 unspecified atom stereocenters. The molecule has 158 valence electrons. The number of ether oxygens (including phenoxy) is 1. The first-order valence-corrected chi connectivity index (χ1v) is 12.0. The van der Waals surface area contributed by atoms with E-state index in [0.29, 0.717) is 0 Å². The second-order valence-electron chi connectivity index (χ2n) is 8.15. The van der Waals surface area contributed by atoms with Crippen molar-refractivity contribution in [2.24, 2.45) is 0 Å². The first-order chi connectivity index (χ1) is 14.3. The van der Waals surface area contributed by atoms with Gasteiger partial charge in [0.05, 0.1) is 18.5 Å². The van der Waals surface area contributed by atoms with Crippen molar-refractivity contribution in [2.45, 2.75) is 45.6 Å². The summed E-state index contributed by atoms with van der Waals surface area (Å²) in [6.45, 7) is 9.82. The summed E-state index contributed by atoms with van der Waals surface area (Å²) in [5.41, 5.74) is 3.85. The zero-order chi connectivity index (χ0) is 20.1. The average molecular weight is 415 g/mol. The maximum absolute atomic E-state index is 5.65. The fraction of sp³-hybridized carbons (Fsp3) is 0.609. The van der Waals surface area contributed by atoms with Gasteiger partial charge in [-0.3, -0.25) is 4.90 Å². The number of anilines is 2. The molecule has 29 heavy (non-hydrogen) atoms. The monoisotopic (exact) mass is 414 g/mol. The van der Waals surface area contributed by atoms with E-state index in [1.54, 1.807) is 7.11 Å². The first kappa shape index (κ1) is 20.5. The number of methoxy groups -OCH3 is 1. The molecule has 6 heteroatoms. The number of aromatic nitrogens is 1. The van der Waals surface area contributed by atoms with Gasteiger partial charge in [-0.05, 0) is 49.8 Å². The Kier molecular flexibility index (Phi) is 6.93. The lowest BCUT2D eigenvalue weighted by molar-refractivity contribution is 0.282. The lowest BCUT2D eigenvalue weighted by Crippen LogP contribution is -2.31. The Labute approximate surface area is 179 Å². The van der Waals surface area contributed by atoms with Crippen molar-refractivity contribution < 1.29 is 4.74 Å². The molecule has 0 radical (unpaired) electrons. The molecular weight excluding hydrogens is 380 g/mol. The van der Waals surface area contributed by atoms with Gasteiger partial charge in [-0.25, -0.2) is 4.98 Å². The highest BCUT2D eigenvalue weighted by atomic mass is 32.1. The van der Waals surface area contributed by atoms with Crippen LogP contribution in [0.25, 0.3) is 0 Å². The molecule has 0 saturated carbocycles. The molecule has 2 fully saturated rings. The zero-order valence-electron chi connectivity index (χ0n) is 17.9. The number of hydrogen-bond acceptors (Lipinski definition) is 6. The van der Waals surface area contributed by atoms with Crippen LogP contribution in [0.4, 0.5) is 10.8 Å². The Morgan fingerprint density at radius 3 is 2.59 bits per heavy atom. The summed E-state index contributed by atoms with van der Waals surface area (Å²) in [6, 6.07) is 6.60. The van der Waals surface area contributed by atoms with Crippen molar-refractivity contribution in [2.75, 3.05) is 56.2 Å². The van der Waals surface area contributed by atoms with Crippen LogP contribution >= 0.6 is 11.3 Å². The van der Waals surface area contributed by atoms with E-state index in [1.807, 2.05) is 11.3 Å². The van der Waals surface area contributed by atoms with Crippen molar-refractivity contribution in [1.82, 2.24) is 9.88 Å². The highest BCUT2D eigenvalue weighted by Crippen LogP contribution is 2.31. The lowest BCUT2D eigenvalue weighted by atomic mass is 10.1. The van der Waals surface area contributed by atoms with E-state index in [1.165, 1.54) is 60.8 Å². The third kappa shape index (κ3) is 5.04. The SMILES string of the molecule is CCc1ccc(OC)c(N2CCCN(Cc3csc(N4CCCCC4)n3)CC2)c1. The van der Waals surface area contributed by atoms with Crippen LogP contribution in [0, 0.1) is 0 Å². The summed E-state index contributed by atoms with van der Waals surface area (Å²) < 4.78 is 5.65. The maximum Gasteiger partial charge on any atom is 0.185 e. The molecule has 4 rings (SSSR count). The van der Waals surface area contributed by atoms with Gasteiger partial charge in [0.1, 0.15) is 5.75 Å². The summed E-state index contributed by atoms with van der Waals surface area (Å²) in [7, 11) is 1.77. The van der Waals surface area contributed by atoms with Crippen LogP contribution in [0.15, 0.2) is 23.6 Å². The second-order valence-corrected chi connectivity index (χ2v) is 8.98. The van der Waals surface area contributed by atoms with Crippen LogP contribution in [0.1, 0.15) is 43.9 Å². The molecule has 2 aliphatic heterocycles. The molecule has 0 N–H and O–H groups in total. The number of nitrogens with zero attached hydrogens (tertiary/aromatic N) is 4. The van der Waals surface area contributed by atoms with E-state index in [0.717, 1.165) is 44.9 Å². The van der Waals surface area contributed by atoms with Crippen molar-refractivity contribution in [3.05, 3.63) is 34.8 Å². The van der Waals surface area contributed by atoms with Crippen molar-refractivity contribution in [1.29, 1.82) is 0 Å². The van der Waals surface area contributed by atoms with E-state index < -0.39 is 0 Å². The second kappa shape index (κ2) is 9.81. The third-order valence-corrected chi connectivity index (χ3v) is 7.08. The summed E-state index contributed by atoms with van der Waals surface area (Å²) in [5.74, 6) is 0.987. The molecule has 2 aromatic rings. The minimum Gasteiger partial charge on any atom is -0.495 e. The van der Waals surface area contributed by atoms with Crippen LogP contribution in [0.3, 0.4) is 0 Å². The molecule has 0 bridgehead atoms. The Hall–Kier alpha value is -1.79. The van der Waals surface area contributed by atoms with Gasteiger partial charge in [0.2, 0.25) is 0 Å². The standard InChI is InChI=1S/C23H34N4OS/c1-3-19-8-9-22(28-2)21(16-19)26-13-7-10-25(14-15-26)17-20-18-29-23(24-20)27-11-5-4-6-12-27/h8-9,16,18H,3-7,10-15,17H2,1-2H3. The van der Waals surface area contributed by atoms with Gasteiger partial charge >= 0.3 is 0 Å². The van der Waals surface area contributed by atoms with Gasteiger partial charge in [-0.15, -0.1) is 11.3 Å². The quantitative estimate of drug-likeness (QED) is 0.699. The number of hydrogen-bond donors (Lipinski definition) is 0. The molecule has 1 aromatic carbocycles. The van der Waals surface area contributed by atoms with Crippen molar-refractivity contribution in [3.8, 4) is 5.75 Å². The molecule has 0 spiro atoms. The molecule has 0 aliphatic carbocycles. The number of thiazole rings is 1. The zero-order valence-corrected chi connectivity index (χ0v) is 18.7. The fourth-order valence-electron chi connectivity index (χ4n) is 4.40. The molecule has 0 amide bonds. The lowest BCUT2D eigenvalue weighted by Gasteiger charge is -2.26. The van der Waals surface area contributed by atoms with Crippen LogP contribution in [0.2, 0.25) is 0 Å². The van der Waals surface area contributed by atoms with Gasteiger partial charge in [-0.2, -0.15) is 0 Å². The van der Waals surface area contributed by atoms with Crippen LogP contribution in [-0.2, 0) is 13.0 Å². The summed E-state index contributed by atoms with van der Waals surface area (Å²) in [6.07, 6.45) is 6.20. The Morgan fingerprint density at radius 1 is 0.966 bits per heavy atom. The minimum absolute atomic E-state index is 0.963. The van der Waals surface area contributed by atoms with E-state index in [-0.39, 0.29) is 0 Å². The van der Waals surface area contributed by atoms with Crippen LogP contribution < -0.4 is 14.5 Å². The van der Waals surface area contributed by atoms with Gasteiger partial charge in [-0.1, -0.05) is 13.0 Å². The normalized spacial score (nSPS) is 18.7. The average Bonchev–Trinajstić information content (AvgIpc) is 3.12. The number of benzene rings is 1. The minimum atomic E-state index is 0.963. The van der Waals surface area contributed by atoms with E-state index in [9.17, 15) is 0 Å². The smallest absolute Gasteiger partial charge is 0.185 e. The van der Waals surface area contributed by atoms with Gasteiger partial charge in [0, 0.05) is 51.2 Å². The van der Waals surface area contributed by atoms with Gasteiger partial charge in [0.25, 0.3) is 0 Å². The highest BCUT2D eigenvalue weighted by Gasteiger charge is 2.20. The predicted molar refractivity (Wildman–Crippen MR) is 123 cm³/mol. The molecule has 3 heterocycles. The molecule has 0 atom stereocenters. The van der Waals surface area contributed by atoms with Crippen LogP contribution in [0.5, 0.6) is 5.75 Å². The van der Waals surface area contributed by atoms with E-state index in [4.69, 9.17) is 9.72 Å². The predicted octanol–water partition coefficient (Wildman–Crippen LogP) is 4.42. The van der Waals surface area contributed by atoms with Crippen molar-refractivity contribution in [3.63, 3.8) is 0 Å². The Bertz CT molecular complexity index is 787. The molecule has 2 saturated heterocycles. The van der Waals surface area contributed by atoms with Crippen LogP contribution in [-0.4, -0.2) is 56.3 Å². The highest BCUT2D eigenvalue weighted by molar-refractivity contribution is 7.13. The molecule has 5 nitrogen and oxygen atoms in total. The van der Waals surface area contributed by atoms with Crippen molar-refractivity contribution >= 4 is 22.2 Å². The van der Waals surface area contributed by atoms with Gasteiger partial charge in [0.15, 0.2) is 5.13 Å². The first-order valence-electron chi connectivity index (χ1n) is 11.1. The molecular formula is C23H34N4OS. The van der Waals surface area contributed by atoms with Gasteiger partial charge < -0.3 is 14.5 Å². The van der Waals surface area contributed by atoms with E-state index in [2.05, 4.69) is 45.2 Å². The number of piperidine rings is 1. The summed E-state index contributed by atoms with van der Waals surface area (Å²) in [4.78, 5) is 12.5. The number of rotatable bonds is 6. The third-order valence-electron chi connectivity index (χ3n) is 6.13. The Balaban J connectivity index is 1.38. The summed E-state index contributed by atoms with van der Waals surface area (Å²) >= 11 is 1.82. The summed E-state index contributed by atoms with van der Waals surface area (Å²) in [5, 5.41) is 3.48. The fourth-order valence-corrected chi connectivity index (χ4v) is 5.27.